The molecule has 0 aliphatic carbocycles. The normalized spacial score (nSPS) is 11.5. The molecule has 0 unspecified atom stereocenters. The zero-order valence-corrected chi connectivity index (χ0v) is 20.7. The Balaban J connectivity index is 1.87. The van der Waals surface area contributed by atoms with Crippen molar-refractivity contribution in [3.05, 3.63) is 93.0 Å². The summed E-state index contributed by atoms with van der Waals surface area (Å²) in [5.41, 5.74) is 6.78. The first-order valence-electron chi connectivity index (χ1n) is 10.0. The number of nitrogens with one attached hydrogen (secondary N) is 1. The molecule has 0 saturated heterocycles. The van der Waals surface area contributed by atoms with E-state index < -0.39 is 22.5 Å². The Morgan fingerprint density at radius 2 is 1.61 bits per heavy atom. The summed E-state index contributed by atoms with van der Waals surface area (Å²) in [5.74, 6) is -0.622. The van der Waals surface area contributed by atoms with Crippen LogP contribution >= 0.6 is 23.2 Å². The van der Waals surface area contributed by atoms with Crippen LogP contribution in [-0.2, 0) is 14.8 Å². The summed E-state index contributed by atoms with van der Waals surface area (Å²) in [5, 5.41) is 4.50. The summed E-state index contributed by atoms with van der Waals surface area (Å²) >= 11 is 12.2. The van der Waals surface area contributed by atoms with E-state index in [2.05, 4.69) is 10.5 Å². The van der Waals surface area contributed by atoms with Gasteiger partial charge in [0.25, 0.3) is 15.9 Å². The molecule has 0 spiro atoms. The van der Waals surface area contributed by atoms with Gasteiger partial charge >= 0.3 is 0 Å². The second-order valence-corrected chi connectivity index (χ2v) is 10.2. The van der Waals surface area contributed by atoms with Crippen molar-refractivity contribution in [3.63, 3.8) is 0 Å². The van der Waals surface area contributed by atoms with E-state index in [1.807, 2.05) is 32.9 Å². The molecule has 0 radical (unpaired) electrons. The second kappa shape index (κ2) is 10.4. The van der Waals surface area contributed by atoms with Crippen LogP contribution in [0, 0.1) is 20.8 Å². The molecule has 0 aliphatic rings. The minimum atomic E-state index is -4.07. The topological polar surface area (TPSA) is 78.8 Å². The fourth-order valence-corrected chi connectivity index (χ4v) is 5.11. The monoisotopic (exact) mass is 503 g/mol. The Kier molecular flexibility index (Phi) is 7.79. The van der Waals surface area contributed by atoms with Gasteiger partial charge in [-0.25, -0.2) is 13.8 Å². The van der Waals surface area contributed by atoms with Crippen LogP contribution in [0.1, 0.15) is 22.3 Å². The van der Waals surface area contributed by atoms with Gasteiger partial charge in [-0.15, -0.1) is 0 Å². The quantitative estimate of drug-likeness (QED) is 0.352. The molecular formula is C24H23Cl2N3O3S. The fraction of sp³-hybridized carbons (Fsp3) is 0.167. The highest BCUT2D eigenvalue weighted by Gasteiger charge is 2.27. The molecule has 3 aromatic rings. The summed E-state index contributed by atoms with van der Waals surface area (Å²) in [7, 11) is -4.07. The van der Waals surface area contributed by atoms with Crippen LogP contribution in [0.25, 0.3) is 0 Å². The number of nitrogens with zero attached hydrogens (tertiary/aromatic N) is 2. The molecule has 9 heteroatoms. The lowest BCUT2D eigenvalue weighted by atomic mass is 10.00. The van der Waals surface area contributed by atoms with Gasteiger partial charge in [-0.1, -0.05) is 53.5 Å². The van der Waals surface area contributed by atoms with E-state index in [0.29, 0.717) is 0 Å². The number of sulfonamides is 1. The van der Waals surface area contributed by atoms with E-state index in [1.165, 1.54) is 36.5 Å². The van der Waals surface area contributed by atoms with Crippen molar-refractivity contribution in [1.82, 2.24) is 5.43 Å². The summed E-state index contributed by atoms with van der Waals surface area (Å²) in [6.45, 7) is 5.50. The number of carbonyl (C=O) groups excluding carboxylic acids is 1. The molecule has 0 aromatic heterocycles. The predicted molar refractivity (Wildman–Crippen MR) is 134 cm³/mol. The lowest BCUT2D eigenvalue weighted by Gasteiger charge is -2.24. The van der Waals surface area contributed by atoms with Gasteiger partial charge in [0.15, 0.2) is 0 Å². The minimum absolute atomic E-state index is 0.0307. The number of aryl methyl sites for hydroxylation is 1. The highest BCUT2D eigenvalue weighted by Crippen LogP contribution is 2.29. The summed E-state index contributed by atoms with van der Waals surface area (Å²) in [6.07, 6.45) is 1.53. The predicted octanol–water partition coefficient (Wildman–Crippen LogP) is 5.26. The Hall–Kier alpha value is -2.87. The van der Waals surface area contributed by atoms with Crippen LogP contribution in [-0.4, -0.2) is 27.1 Å². The van der Waals surface area contributed by atoms with Crippen LogP contribution in [0.2, 0.25) is 10.0 Å². The molecule has 33 heavy (non-hydrogen) atoms. The van der Waals surface area contributed by atoms with Crippen LogP contribution in [0.3, 0.4) is 0 Å². The van der Waals surface area contributed by atoms with Gasteiger partial charge in [0.1, 0.15) is 6.54 Å². The largest absolute Gasteiger partial charge is 0.271 e. The molecule has 1 amide bonds. The van der Waals surface area contributed by atoms with Crippen LogP contribution in [0.4, 0.5) is 5.69 Å². The highest BCUT2D eigenvalue weighted by molar-refractivity contribution is 7.92. The first-order chi connectivity index (χ1) is 15.6. The molecule has 0 saturated carbocycles. The Labute approximate surface area is 203 Å². The molecule has 3 rings (SSSR count). The van der Waals surface area contributed by atoms with Crippen molar-refractivity contribution in [2.24, 2.45) is 5.10 Å². The maximum Gasteiger partial charge on any atom is 0.264 e. The van der Waals surface area contributed by atoms with E-state index in [-0.39, 0.29) is 20.6 Å². The van der Waals surface area contributed by atoms with Gasteiger partial charge in [0, 0.05) is 10.0 Å². The molecular weight excluding hydrogens is 481 g/mol. The lowest BCUT2D eigenvalue weighted by molar-refractivity contribution is -0.119. The molecule has 0 bridgehead atoms. The third-order valence-electron chi connectivity index (χ3n) is 5.25. The number of benzene rings is 3. The number of anilines is 1. The Morgan fingerprint density at radius 3 is 2.24 bits per heavy atom. The van der Waals surface area contributed by atoms with E-state index >= 15 is 0 Å². The minimum Gasteiger partial charge on any atom is -0.271 e. The smallest absolute Gasteiger partial charge is 0.264 e. The zero-order valence-electron chi connectivity index (χ0n) is 18.3. The number of amides is 1. The molecule has 6 nitrogen and oxygen atoms in total. The van der Waals surface area contributed by atoms with Gasteiger partial charge in [0.05, 0.1) is 16.8 Å². The van der Waals surface area contributed by atoms with E-state index in [0.717, 1.165) is 26.6 Å². The number of halogens is 2. The van der Waals surface area contributed by atoms with E-state index in [1.54, 1.807) is 18.2 Å². The molecule has 3 aromatic carbocycles. The molecule has 0 fully saturated rings. The number of carbonyl (C=O) groups is 1. The SMILES string of the molecule is Cc1ccc(/C=N\NC(=O)CN(c2cc(Cl)cc(Cl)c2)S(=O)(=O)c2ccccc2)c(C)c1C. The third-order valence-corrected chi connectivity index (χ3v) is 7.47. The first-order valence-corrected chi connectivity index (χ1v) is 12.2. The fourth-order valence-electron chi connectivity index (χ4n) is 3.17. The average Bonchev–Trinajstić information content (AvgIpc) is 2.77. The van der Waals surface area contributed by atoms with E-state index in [4.69, 9.17) is 23.2 Å². The number of rotatable bonds is 7. The van der Waals surface area contributed by atoms with Crippen molar-refractivity contribution in [2.45, 2.75) is 25.7 Å². The molecule has 172 valence electrons. The third kappa shape index (κ3) is 5.93. The first kappa shape index (κ1) is 24.8. The number of hydrogen-bond acceptors (Lipinski definition) is 4. The van der Waals surface area contributed by atoms with Crippen molar-refractivity contribution in [1.29, 1.82) is 0 Å². The van der Waals surface area contributed by atoms with Crippen molar-refractivity contribution in [2.75, 3.05) is 10.8 Å². The summed E-state index contributed by atoms with van der Waals surface area (Å²) in [4.78, 5) is 12.7. The number of hydrazone groups is 1. The Morgan fingerprint density at radius 1 is 0.970 bits per heavy atom. The maximum absolute atomic E-state index is 13.3. The number of hydrogen-bond donors (Lipinski definition) is 1. The summed E-state index contributed by atoms with van der Waals surface area (Å²) < 4.78 is 27.6. The van der Waals surface area contributed by atoms with Gasteiger partial charge in [0.2, 0.25) is 0 Å². The average molecular weight is 504 g/mol. The Bertz CT molecular complexity index is 1290. The van der Waals surface area contributed by atoms with Gasteiger partial charge < -0.3 is 0 Å². The molecule has 0 heterocycles. The van der Waals surface area contributed by atoms with Crippen molar-refractivity contribution >= 4 is 51.0 Å². The highest BCUT2D eigenvalue weighted by atomic mass is 35.5. The molecule has 0 atom stereocenters. The maximum atomic E-state index is 13.3. The lowest BCUT2D eigenvalue weighted by Crippen LogP contribution is -2.39. The van der Waals surface area contributed by atoms with Crippen molar-refractivity contribution < 1.29 is 13.2 Å². The van der Waals surface area contributed by atoms with E-state index in [9.17, 15) is 13.2 Å². The van der Waals surface area contributed by atoms with Crippen LogP contribution in [0.15, 0.2) is 70.7 Å². The van der Waals surface area contributed by atoms with Gasteiger partial charge in [-0.2, -0.15) is 5.10 Å². The van der Waals surface area contributed by atoms with Crippen LogP contribution < -0.4 is 9.73 Å². The molecule has 1 N–H and O–H groups in total. The zero-order chi connectivity index (χ0) is 24.2. The van der Waals surface area contributed by atoms with Crippen molar-refractivity contribution in [3.8, 4) is 0 Å². The molecule has 0 aliphatic heterocycles. The van der Waals surface area contributed by atoms with Gasteiger partial charge in [-0.05, 0) is 73.4 Å². The van der Waals surface area contributed by atoms with Gasteiger partial charge in [-0.3, -0.25) is 9.10 Å². The second-order valence-electron chi connectivity index (χ2n) is 7.47. The standard InChI is InChI=1S/C24H23Cl2N3O3S/c1-16-9-10-19(18(3)17(16)2)14-27-28-24(30)15-29(22-12-20(25)11-21(26)13-22)33(31,32)23-7-5-4-6-8-23/h4-14H,15H2,1-3H3,(H,28,30)/b27-14-. The summed E-state index contributed by atoms with van der Waals surface area (Å²) in [6, 6.07) is 16.0. The van der Waals surface area contributed by atoms with Crippen LogP contribution in [0.5, 0.6) is 0 Å².